The maximum Gasteiger partial charge on any atom is 0.285 e. The van der Waals surface area contributed by atoms with Gasteiger partial charge in [0.05, 0.1) is 6.21 Å². The molecule has 0 aliphatic carbocycles. The van der Waals surface area contributed by atoms with E-state index in [1.807, 2.05) is 31.2 Å². The van der Waals surface area contributed by atoms with Gasteiger partial charge in [-0.3, -0.25) is 5.43 Å². The second kappa shape index (κ2) is 6.30. The summed E-state index contributed by atoms with van der Waals surface area (Å²) in [6.07, 6.45) is 3.52. The van der Waals surface area contributed by atoms with Gasteiger partial charge < -0.3 is 9.47 Å². The van der Waals surface area contributed by atoms with E-state index in [2.05, 4.69) is 14.9 Å². The molecular formula is C18H15N3O4S. The SMILES string of the molecule is CC(/C=N/NC1=NS(=O)(=O)c2ccccc21)=C\c1ccc2c(c1)OCO2. The van der Waals surface area contributed by atoms with Crippen molar-refractivity contribution in [1.29, 1.82) is 0 Å². The third kappa shape index (κ3) is 3.06. The molecule has 4 rings (SSSR count). The number of amidine groups is 1. The fourth-order valence-corrected chi connectivity index (χ4v) is 3.86. The molecule has 0 amide bonds. The van der Waals surface area contributed by atoms with Crippen molar-refractivity contribution in [2.24, 2.45) is 9.50 Å². The lowest BCUT2D eigenvalue weighted by molar-refractivity contribution is 0.174. The fourth-order valence-electron chi connectivity index (χ4n) is 2.68. The Labute approximate surface area is 150 Å². The van der Waals surface area contributed by atoms with Crippen LogP contribution >= 0.6 is 0 Å². The molecule has 2 aliphatic rings. The summed E-state index contributed by atoms with van der Waals surface area (Å²) in [5.74, 6) is 1.66. The van der Waals surface area contributed by atoms with Crippen LogP contribution in [0.4, 0.5) is 0 Å². The van der Waals surface area contributed by atoms with E-state index in [0.29, 0.717) is 11.3 Å². The Morgan fingerprint density at radius 1 is 1.19 bits per heavy atom. The molecule has 0 fully saturated rings. The number of nitrogens with zero attached hydrogens (tertiary/aromatic N) is 2. The highest BCUT2D eigenvalue weighted by atomic mass is 32.2. The predicted molar refractivity (Wildman–Crippen MR) is 98.0 cm³/mol. The van der Waals surface area contributed by atoms with E-state index in [4.69, 9.17) is 9.47 Å². The quantitative estimate of drug-likeness (QED) is 0.663. The summed E-state index contributed by atoms with van der Waals surface area (Å²) in [6, 6.07) is 12.3. The molecule has 0 atom stereocenters. The summed E-state index contributed by atoms with van der Waals surface area (Å²) in [7, 11) is -3.65. The lowest BCUT2D eigenvalue weighted by atomic mass is 10.1. The number of rotatable bonds is 3. The third-order valence-corrected chi connectivity index (χ3v) is 5.20. The number of allylic oxidation sites excluding steroid dienone is 1. The second-order valence-electron chi connectivity index (χ2n) is 5.78. The van der Waals surface area contributed by atoms with E-state index in [1.54, 1.807) is 24.4 Å². The summed E-state index contributed by atoms with van der Waals surface area (Å²) in [6.45, 7) is 2.12. The molecule has 2 heterocycles. The molecule has 8 heteroatoms. The Balaban J connectivity index is 1.49. The monoisotopic (exact) mass is 369 g/mol. The summed E-state index contributed by atoms with van der Waals surface area (Å²) in [5, 5.41) is 4.09. The molecule has 0 saturated heterocycles. The zero-order chi connectivity index (χ0) is 18.1. The zero-order valence-corrected chi connectivity index (χ0v) is 14.7. The normalized spacial score (nSPS) is 17.3. The molecule has 132 valence electrons. The van der Waals surface area contributed by atoms with Crippen LogP contribution < -0.4 is 14.9 Å². The van der Waals surface area contributed by atoms with Crippen molar-refractivity contribution in [3.8, 4) is 11.5 Å². The van der Waals surface area contributed by atoms with E-state index >= 15 is 0 Å². The third-order valence-electron chi connectivity index (χ3n) is 3.86. The molecule has 0 bridgehead atoms. The van der Waals surface area contributed by atoms with E-state index < -0.39 is 10.0 Å². The minimum absolute atomic E-state index is 0.185. The van der Waals surface area contributed by atoms with E-state index in [-0.39, 0.29) is 17.5 Å². The molecule has 7 nitrogen and oxygen atoms in total. The number of hydrogen-bond acceptors (Lipinski definition) is 6. The van der Waals surface area contributed by atoms with Gasteiger partial charge in [-0.05, 0) is 42.3 Å². The first-order valence-corrected chi connectivity index (χ1v) is 9.28. The van der Waals surface area contributed by atoms with Crippen molar-refractivity contribution in [1.82, 2.24) is 5.43 Å². The van der Waals surface area contributed by atoms with Crippen LogP contribution in [0, 0.1) is 0 Å². The first-order valence-electron chi connectivity index (χ1n) is 7.84. The average molecular weight is 369 g/mol. The van der Waals surface area contributed by atoms with Gasteiger partial charge >= 0.3 is 0 Å². The van der Waals surface area contributed by atoms with E-state index in [1.165, 1.54) is 6.07 Å². The Kier molecular flexibility index (Phi) is 3.96. The minimum atomic E-state index is -3.65. The Hall–Kier alpha value is -3.13. The van der Waals surface area contributed by atoms with Crippen LogP contribution in [0.15, 0.2) is 62.4 Å². The van der Waals surface area contributed by atoms with Crippen molar-refractivity contribution in [2.45, 2.75) is 11.8 Å². The predicted octanol–water partition coefficient (Wildman–Crippen LogP) is 2.54. The van der Waals surface area contributed by atoms with E-state index in [9.17, 15) is 8.42 Å². The molecular weight excluding hydrogens is 354 g/mol. The molecule has 0 spiro atoms. The van der Waals surface area contributed by atoms with Crippen molar-refractivity contribution in [2.75, 3.05) is 6.79 Å². The van der Waals surface area contributed by atoms with Gasteiger partial charge in [-0.1, -0.05) is 24.3 Å². The van der Waals surface area contributed by atoms with Crippen LogP contribution in [0.3, 0.4) is 0 Å². The summed E-state index contributed by atoms with van der Waals surface area (Å²) in [4.78, 5) is 0.185. The standard InChI is InChI=1S/C18H15N3O4S/c1-12(8-13-6-7-15-16(9-13)25-11-24-15)10-19-20-18-14-4-2-3-5-17(14)26(22,23)21-18/h2-10H,11H2,1H3,(H,20,21)/b12-8+,19-10+. The molecule has 2 aromatic rings. The molecule has 0 radical (unpaired) electrons. The van der Waals surface area contributed by atoms with Crippen molar-refractivity contribution in [3.05, 3.63) is 59.2 Å². The van der Waals surface area contributed by atoms with Gasteiger partial charge in [0.25, 0.3) is 10.0 Å². The lowest BCUT2D eigenvalue weighted by Crippen LogP contribution is -2.17. The molecule has 2 aliphatic heterocycles. The highest BCUT2D eigenvalue weighted by Crippen LogP contribution is 2.33. The van der Waals surface area contributed by atoms with Crippen LogP contribution in [-0.2, 0) is 10.0 Å². The number of fused-ring (bicyclic) bond motifs is 2. The van der Waals surface area contributed by atoms with Crippen LogP contribution in [0.2, 0.25) is 0 Å². The van der Waals surface area contributed by atoms with Gasteiger partial charge in [0, 0.05) is 5.56 Å². The largest absolute Gasteiger partial charge is 0.454 e. The fraction of sp³-hybridized carbons (Fsp3) is 0.111. The van der Waals surface area contributed by atoms with E-state index in [0.717, 1.165) is 16.9 Å². The van der Waals surface area contributed by atoms with Gasteiger partial charge in [-0.2, -0.15) is 13.5 Å². The van der Waals surface area contributed by atoms with Gasteiger partial charge in [0.2, 0.25) is 6.79 Å². The van der Waals surface area contributed by atoms with Gasteiger partial charge in [0.15, 0.2) is 17.3 Å². The first kappa shape index (κ1) is 16.3. The number of nitrogens with one attached hydrogen (secondary N) is 1. The number of hydrazone groups is 1. The molecule has 0 unspecified atom stereocenters. The van der Waals surface area contributed by atoms with Crippen molar-refractivity contribution < 1.29 is 17.9 Å². The van der Waals surface area contributed by atoms with Crippen LogP contribution in [0.25, 0.3) is 6.08 Å². The van der Waals surface area contributed by atoms with Gasteiger partial charge in [-0.15, -0.1) is 4.40 Å². The van der Waals surface area contributed by atoms with Crippen LogP contribution in [-0.4, -0.2) is 27.3 Å². The Bertz CT molecular complexity index is 1070. The van der Waals surface area contributed by atoms with Gasteiger partial charge in [-0.25, -0.2) is 0 Å². The topological polar surface area (TPSA) is 89.4 Å². The van der Waals surface area contributed by atoms with Crippen molar-refractivity contribution >= 4 is 28.1 Å². The first-order chi connectivity index (χ1) is 12.5. The Morgan fingerprint density at radius 3 is 2.88 bits per heavy atom. The number of ether oxygens (including phenoxy) is 2. The smallest absolute Gasteiger partial charge is 0.285 e. The van der Waals surface area contributed by atoms with Gasteiger partial charge in [0.1, 0.15) is 4.90 Å². The lowest BCUT2D eigenvalue weighted by Gasteiger charge is -2.01. The average Bonchev–Trinajstić information content (AvgIpc) is 3.17. The summed E-state index contributed by atoms with van der Waals surface area (Å²) >= 11 is 0. The van der Waals surface area contributed by atoms with Crippen LogP contribution in [0.1, 0.15) is 18.1 Å². The maximum atomic E-state index is 12.0. The number of benzene rings is 2. The molecule has 0 saturated carbocycles. The zero-order valence-electron chi connectivity index (χ0n) is 13.8. The number of hydrogen-bond donors (Lipinski definition) is 1. The van der Waals surface area contributed by atoms with Crippen molar-refractivity contribution in [3.63, 3.8) is 0 Å². The highest BCUT2D eigenvalue weighted by molar-refractivity contribution is 7.90. The molecule has 0 aromatic heterocycles. The Morgan fingerprint density at radius 2 is 2.00 bits per heavy atom. The highest BCUT2D eigenvalue weighted by Gasteiger charge is 2.28. The summed E-state index contributed by atoms with van der Waals surface area (Å²) < 4.78 is 38.3. The molecule has 26 heavy (non-hydrogen) atoms. The molecule has 1 N–H and O–H groups in total. The molecule has 2 aromatic carbocycles. The minimum Gasteiger partial charge on any atom is -0.454 e. The van der Waals surface area contributed by atoms with Crippen LogP contribution in [0.5, 0.6) is 11.5 Å². The maximum absolute atomic E-state index is 12.0. The number of sulfonamides is 1. The summed E-state index contributed by atoms with van der Waals surface area (Å²) in [5.41, 5.74) is 5.04. The second-order valence-corrected chi connectivity index (χ2v) is 7.35.